The van der Waals surface area contributed by atoms with Gasteiger partial charge in [-0.15, -0.1) is 0 Å². The zero-order valence-electron chi connectivity index (χ0n) is 49.0. The molecule has 0 aromatic carbocycles. The minimum absolute atomic E-state index is 0.124. The average molecular weight is 1040 g/mol. The number of carbonyl (C=O) groups is 3. The molecule has 0 unspecified atom stereocenters. The lowest BCUT2D eigenvalue weighted by atomic mass is 10.0. The quantitative estimate of drug-likeness (QED) is 0.0261. The Morgan fingerprint density at radius 3 is 0.893 bits per heavy atom. The molecule has 0 fully saturated rings. The molecule has 0 N–H and O–H groups in total. The maximum Gasteiger partial charge on any atom is 0.306 e. The zero-order valence-corrected chi connectivity index (χ0v) is 49.0. The van der Waals surface area contributed by atoms with Gasteiger partial charge in [0.15, 0.2) is 6.10 Å². The summed E-state index contributed by atoms with van der Waals surface area (Å²) in [7, 11) is 0. The second kappa shape index (κ2) is 62.6. The molecule has 0 aromatic heterocycles. The summed E-state index contributed by atoms with van der Waals surface area (Å²) < 4.78 is 16.8. The van der Waals surface area contributed by atoms with E-state index in [0.29, 0.717) is 19.3 Å². The van der Waals surface area contributed by atoms with Crippen LogP contribution >= 0.6 is 0 Å². The molecule has 0 aliphatic carbocycles. The van der Waals surface area contributed by atoms with Gasteiger partial charge in [0.05, 0.1) is 0 Å². The summed E-state index contributed by atoms with van der Waals surface area (Å²) in [5.74, 6) is -1.06. The van der Waals surface area contributed by atoms with Gasteiger partial charge in [0.1, 0.15) is 13.2 Å². The summed E-state index contributed by atoms with van der Waals surface area (Å²) in [5, 5.41) is 0. The highest BCUT2D eigenvalue weighted by atomic mass is 16.6. The molecule has 0 aliphatic rings. The molecule has 0 saturated heterocycles. The van der Waals surface area contributed by atoms with E-state index >= 15 is 0 Å². The minimum atomic E-state index is -0.841. The number of carbonyl (C=O) groups excluding carboxylic acids is 3. The van der Waals surface area contributed by atoms with Crippen LogP contribution in [0.4, 0.5) is 0 Å². The monoisotopic (exact) mass is 1040 g/mol. The molecule has 0 aromatic rings. The maximum absolute atomic E-state index is 12.9. The standard InChI is InChI=1S/C69H116O6/c1-4-7-10-13-16-19-22-25-28-31-33-34-36-38-41-44-47-50-53-56-59-62-68(71)74-65-66(64-73-67(70)61-58-55-52-49-46-43-40-37-30-27-24-21-18-15-12-9-6-3)75-69(72)63-60-57-54-51-48-45-42-39-35-32-29-26-23-20-17-14-11-8-5-2/h17,20,25-30,35,39-40,43,45,48-49,52,54,57,66H,4-16,18-19,21-24,31-34,36-38,41-42,44,46-47,50-51,53,55-56,58-65H2,1-3H3/b20-17-,28-25-,29-26-,30-27-,39-35-,43-40-,48-45-,52-49-,57-54-/t66-/m0/s1. The highest BCUT2D eigenvalue weighted by Gasteiger charge is 2.19. The van der Waals surface area contributed by atoms with E-state index in [9.17, 15) is 14.4 Å². The maximum atomic E-state index is 12.9. The van der Waals surface area contributed by atoms with Crippen LogP contribution in [0.15, 0.2) is 109 Å². The summed E-state index contributed by atoms with van der Waals surface area (Å²) in [6.45, 7) is 6.51. The lowest BCUT2D eigenvalue weighted by Gasteiger charge is -2.18. The van der Waals surface area contributed by atoms with Crippen LogP contribution in [0.2, 0.25) is 0 Å². The molecule has 0 amide bonds. The van der Waals surface area contributed by atoms with Crippen molar-refractivity contribution < 1.29 is 28.6 Å². The first kappa shape index (κ1) is 71.1. The Balaban J connectivity index is 4.54. The van der Waals surface area contributed by atoms with Crippen molar-refractivity contribution in [3.05, 3.63) is 109 Å². The molecule has 0 saturated carbocycles. The van der Waals surface area contributed by atoms with E-state index in [1.165, 1.54) is 173 Å². The van der Waals surface area contributed by atoms with Gasteiger partial charge in [-0.1, -0.05) is 265 Å². The van der Waals surface area contributed by atoms with Crippen LogP contribution in [0.3, 0.4) is 0 Å². The van der Waals surface area contributed by atoms with Crippen molar-refractivity contribution in [3.8, 4) is 0 Å². The van der Waals surface area contributed by atoms with Crippen LogP contribution in [-0.4, -0.2) is 37.2 Å². The van der Waals surface area contributed by atoms with Crippen LogP contribution in [0, 0.1) is 0 Å². The fourth-order valence-electron chi connectivity index (χ4n) is 8.50. The lowest BCUT2D eigenvalue weighted by molar-refractivity contribution is -0.166. The summed E-state index contributed by atoms with van der Waals surface area (Å²) in [6, 6.07) is 0. The second-order valence-electron chi connectivity index (χ2n) is 20.6. The highest BCUT2D eigenvalue weighted by molar-refractivity contribution is 5.71. The zero-order chi connectivity index (χ0) is 54.3. The van der Waals surface area contributed by atoms with Crippen molar-refractivity contribution in [2.45, 2.75) is 297 Å². The molecule has 0 bridgehead atoms. The van der Waals surface area contributed by atoms with E-state index in [1.54, 1.807) is 0 Å². The van der Waals surface area contributed by atoms with Gasteiger partial charge in [0.2, 0.25) is 0 Å². The van der Waals surface area contributed by atoms with Gasteiger partial charge < -0.3 is 14.2 Å². The third kappa shape index (κ3) is 60.8. The molecular formula is C69H116O6. The van der Waals surface area contributed by atoms with Gasteiger partial charge in [0, 0.05) is 19.3 Å². The highest BCUT2D eigenvalue weighted by Crippen LogP contribution is 2.15. The smallest absolute Gasteiger partial charge is 0.306 e. The Labute approximate surface area is 463 Å². The van der Waals surface area contributed by atoms with Crippen LogP contribution in [-0.2, 0) is 28.6 Å². The second-order valence-corrected chi connectivity index (χ2v) is 20.6. The summed E-state index contributed by atoms with van der Waals surface area (Å²) >= 11 is 0. The van der Waals surface area contributed by atoms with Crippen molar-refractivity contribution >= 4 is 17.9 Å². The Hall–Kier alpha value is -3.93. The van der Waals surface area contributed by atoms with Crippen molar-refractivity contribution in [1.29, 1.82) is 0 Å². The molecule has 0 radical (unpaired) electrons. The van der Waals surface area contributed by atoms with Crippen molar-refractivity contribution in [2.75, 3.05) is 13.2 Å². The molecule has 428 valence electrons. The van der Waals surface area contributed by atoms with E-state index < -0.39 is 12.1 Å². The summed E-state index contributed by atoms with van der Waals surface area (Å²) in [5.41, 5.74) is 0. The van der Waals surface area contributed by atoms with Gasteiger partial charge in [-0.2, -0.15) is 0 Å². The average Bonchev–Trinajstić information content (AvgIpc) is 3.41. The summed E-state index contributed by atoms with van der Waals surface area (Å²) in [6.07, 6.45) is 85.4. The van der Waals surface area contributed by atoms with E-state index in [0.717, 1.165) is 64.2 Å². The van der Waals surface area contributed by atoms with E-state index in [-0.39, 0.29) is 38.0 Å². The van der Waals surface area contributed by atoms with Crippen molar-refractivity contribution in [3.63, 3.8) is 0 Å². The minimum Gasteiger partial charge on any atom is -0.462 e. The molecule has 75 heavy (non-hydrogen) atoms. The molecular weight excluding hydrogens is 925 g/mol. The largest absolute Gasteiger partial charge is 0.462 e. The Bertz CT molecular complexity index is 1520. The molecule has 1 atom stereocenters. The molecule has 6 heteroatoms. The number of unbranched alkanes of at least 4 members (excludes halogenated alkanes) is 27. The number of esters is 3. The van der Waals surface area contributed by atoms with Crippen LogP contribution in [0.25, 0.3) is 0 Å². The van der Waals surface area contributed by atoms with Gasteiger partial charge in [-0.05, 0) is 116 Å². The first-order valence-corrected chi connectivity index (χ1v) is 31.4. The fraction of sp³-hybridized carbons (Fsp3) is 0.696. The van der Waals surface area contributed by atoms with Gasteiger partial charge >= 0.3 is 17.9 Å². The Kier molecular flexibility index (Phi) is 59.3. The number of hydrogen-bond donors (Lipinski definition) is 0. The van der Waals surface area contributed by atoms with E-state index in [1.807, 2.05) is 6.08 Å². The lowest BCUT2D eigenvalue weighted by Crippen LogP contribution is -2.30. The molecule has 0 aliphatic heterocycles. The third-order valence-corrected chi connectivity index (χ3v) is 13.2. The number of allylic oxidation sites excluding steroid dienone is 18. The normalized spacial score (nSPS) is 12.8. The molecule has 0 rings (SSSR count). The van der Waals surface area contributed by atoms with Gasteiger partial charge in [-0.25, -0.2) is 0 Å². The van der Waals surface area contributed by atoms with E-state index in [4.69, 9.17) is 14.2 Å². The predicted molar refractivity (Wildman–Crippen MR) is 325 cm³/mol. The first-order valence-electron chi connectivity index (χ1n) is 31.4. The Morgan fingerprint density at radius 2 is 0.520 bits per heavy atom. The van der Waals surface area contributed by atoms with Crippen molar-refractivity contribution in [2.24, 2.45) is 0 Å². The van der Waals surface area contributed by atoms with Crippen LogP contribution in [0.5, 0.6) is 0 Å². The van der Waals surface area contributed by atoms with Crippen molar-refractivity contribution in [1.82, 2.24) is 0 Å². The SMILES string of the molecule is CCCCC/C=C\C/C=C\C/C=C\C/C=C\C/C=C\CCC(=O)O[C@@H](COC(=O)CCC/C=C\C/C=C\C/C=C\CCCCCCCC)COC(=O)CCCCCCCCCCCCC/C=C\CCCCCCCC. The third-order valence-electron chi connectivity index (χ3n) is 13.2. The number of rotatable bonds is 56. The first-order chi connectivity index (χ1) is 37.0. The molecule has 0 heterocycles. The number of hydrogen-bond acceptors (Lipinski definition) is 6. The van der Waals surface area contributed by atoms with Gasteiger partial charge in [0.25, 0.3) is 0 Å². The number of ether oxygens (including phenoxy) is 3. The topological polar surface area (TPSA) is 78.9 Å². The Morgan fingerprint density at radius 1 is 0.267 bits per heavy atom. The van der Waals surface area contributed by atoms with Crippen LogP contribution in [0.1, 0.15) is 290 Å². The fourth-order valence-corrected chi connectivity index (χ4v) is 8.50. The molecule has 6 nitrogen and oxygen atoms in total. The van der Waals surface area contributed by atoms with Gasteiger partial charge in [-0.3, -0.25) is 14.4 Å². The van der Waals surface area contributed by atoms with Crippen LogP contribution < -0.4 is 0 Å². The van der Waals surface area contributed by atoms with E-state index in [2.05, 4.69) is 124 Å². The predicted octanol–water partition coefficient (Wildman–Crippen LogP) is 21.4. The molecule has 0 spiro atoms. The summed E-state index contributed by atoms with van der Waals surface area (Å²) in [4.78, 5) is 38.2.